The van der Waals surface area contributed by atoms with E-state index in [0.717, 1.165) is 23.7 Å². The van der Waals surface area contributed by atoms with Gasteiger partial charge >= 0.3 is 0 Å². The van der Waals surface area contributed by atoms with Crippen LogP contribution in [0.5, 0.6) is 0 Å². The fourth-order valence-electron chi connectivity index (χ4n) is 2.67. The van der Waals surface area contributed by atoms with Crippen molar-refractivity contribution in [3.8, 4) is 0 Å². The third-order valence-electron chi connectivity index (χ3n) is 4.03. The zero-order chi connectivity index (χ0) is 13.8. The summed E-state index contributed by atoms with van der Waals surface area (Å²) in [6, 6.07) is 8.66. The van der Waals surface area contributed by atoms with Crippen molar-refractivity contribution in [2.45, 2.75) is 38.8 Å². The van der Waals surface area contributed by atoms with Gasteiger partial charge in [0.15, 0.2) is 0 Å². The average Bonchev–Trinajstić information content (AvgIpc) is 3.23. The molecule has 0 radical (unpaired) electrons. The first-order chi connectivity index (χ1) is 9.15. The standard InChI is InChI=1S/C16H25NO2/c1-12(14-8-9-14)17(10-11-19-3)16-7-5-4-6-15(16)13(2)18/h4-7,12-14,18H,8-11H2,1-3H3/t12?,13-/m1/s1. The minimum Gasteiger partial charge on any atom is -0.389 e. The molecule has 1 N–H and O–H groups in total. The molecule has 1 fully saturated rings. The molecule has 1 aliphatic rings. The number of ether oxygens (including phenoxy) is 1. The molecule has 0 aromatic heterocycles. The average molecular weight is 263 g/mol. The van der Waals surface area contributed by atoms with Crippen LogP contribution >= 0.6 is 0 Å². The van der Waals surface area contributed by atoms with Crippen molar-refractivity contribution in [3.05, 3.63) is 29.8 Å². The number of para-hydroxylation sites is 1. The van der Waals surface area contributed by atoms with Crippen molar-refractivity contribution < 1.29 is 9.84 Å². The van der Waals surface area contributed by atoms with Gasteiger partial charge in [0.2, 0.25) is 0 Å². The molecule has 1 unspecified atom stereocenters. The summed E-state index contributed by atoms with van der Waals surface area (Å²) in [7, 11) is 1.74. The number of anilines is 1. The Hall–Kier alpha value is -1.06. The maximum absolute atomic E-state index is 9.96. The van der Waals surface area contributed by atoms with E-state index in [1.54, 1.807) is 7.11 Å². The number of benzene rings is 1. The predicted molar refractivity (Wildman–Crippen MR) is 78.5 cm³/mol. The fraction of sp³-hybridized carbons (Fsp3) is 0.625. The first kappa shape index (κ1) is 14.4. The molecule has 1 aromatic rings. The lowest BCUT2D eigenvalue weighted by atomic mass is 10.0. The second-order valence-electron chi connectivity index (χ2n) is 5.50. The molecule has 0 bridgehead atoms. The Morgan fingerprint density at radius 1 is 1.32 bits per heavy atom. The topological polar surface area (TPSA) is 32.7 Å². The van der Waals surface area contributed by atoms with Gasteiger partial charge in [-0.3, -0.25) is 0 Å². The number of aliphatic hydroxyl groups excluding tert-OH is 1. The molecule has 0 aliphatic heterocycles. The van der Waals surface area contributed by atoms with Gasteiger partial charge in [0.05, 0.1) is 12.7 Å². The van der Waals surface area contributed by atoms with Gasteiger partial charge in [0, 0.05) is 30.9 Å². The SMILES string of the molecule is COCCN(c1ccccc1[C@@H](C)O)C(C)C1CC1. The lowest BCUT2D eigenvalue weighted by Gasteiger charge is -2.33. The van der Waals surface area contributed by atoms with Gasteiger partial charge in [-0.25, -0.2) is 0 Å². The molecular weight excluding hydrogens is 238 g/mol. The van der Waals surface area contributed by atoms with Crippen molar-refractivity contribution in [1.82, 2.24) is 0 Å². The van der Waals surface area contributed by atoms with Crippen LogP contribution in [0.25, 0.3) is 0 Å². The maximum Gasteiger partial charge on any atom is 0.0781 e. The summed E-state index contributed by atoms with van der Waals surface area (Å²) in [5, 5.41) is 9.96. The van der Waals surface area contributed by atoms with Crippen molar-refractivity contribution in [3.63, 3.8) is 0 Å². The fourth-order valence-corrected chi connectivity index (χ4v) is 2.67. The third kappa shape index (κ3) is 3.48. The molecule has 3 heteroatoms. The molecule has 2 atom stereocenters. The van der Waals surface area contributed by atoms with Crippen molar-refractivity contribution in [2.24, 2.45) is 5.92 Å². The molecule has 1 aliphatic carbocycles. The summed E-state index contributed by atoms with van der Waals surface area (Å²) in [4.78, 5) is 2.39. The Balaban J connectivity index is 2.25. The highest BCUT2D eigenvalue weighted by atomic mass is 16.5. The van der Waals surface area contributed by atoms with E-state index in [4.69, 9.17) is 4.74 Å². The molecule has 1 aromatic carbocycles. The normalized spacial score (nSPS) is 18.1. The molecule has 106 valence electrons. The first-order valence-corrected chi connectivity index (χ1v) is 7.17. The monoisotopic (exact) mass is 263 g/mol. The second kappa shape index (κ2) is 6.40. The van der Waals surface area contributed by atoms with E-state index in [0.29, 0.717) is 12.6 Å². The zero-order valence-corrected chi connectivity index (χ0v) is 12.2. The molecule has 0 heterocycles. The number of rotatable bonds is 7. The number of hydrogen-bond donors (Lipinski definition) is 1. The second-order valence-corrected chi connectivity index (χ2v) is 5.50. The van der Waals surface area contributed by atoms with Crippen LogP contribution in [0.1, 0.15) is 38.4 Å². The number of hydrogen-bond acceptors (Lipinski definition) is 3. The summed E-state index contributed by atoms with van der Waals surface area (Å²) < 4.78 is 5.24. The van der Waals surface area contributed by atoms with E-state index in [2.05, 4.69) is 17.9 Å². The van der Waals surface area contributed by atoms with Gasteiger partial charge in [0.1, 0.15) is 0 Å². The Kier molecular flexibility index (Phi) is 4.83. The van der Waals surface area contributed by atoms with Crippen LogP contribution in [0, 0.1) is 5.92 Å². The Morgan fingerprint density at radius 2 is 2.00 bits per heavy atom. The van der Waals surface area contributed by atoms with E-state index in [1.807, 2.05) is 25.1 Å². The van der Waals surface area contributed by atoms with E-state index in [9.17, 15) is 5.11 Å². The van der Waals surface area contributed by atoms with Crippen molar-refractivity contribution in [1.29, 1.82) is 0 Å². The van der Waals surface area contributed by atoms with E-state index in [1.165, 1.54) is 12.8 Å². The van der Waals surface area contributed by atoms with Crippen LogP contribution in [0.15, 0.2) is 24.3 Å². The van der Waals surface area contributed by atoms with Crippen molar-refractivity contribution >= 4 is 5.69 Å². The largest absolute Gasteiger partial charge is 0.389 e. The number of aliphatic hydroxyl groups is 1. The zero-order valence-electron chi connectivity index (χ0n) is 12.2. The van der Waals surface area contributed by atoms with E-state index >= 15 is 0 Å². The summed E-state index contributed by atoms with van der Waals surface area (Å²) in [5.74, 6) is 0.791. The highest BCUT2D eigenvalue weighted by molar-refractivity contribution is 5.55. The Labute approximate surface area is 116 Å². The minimum absolute atomic E-state index is 0.437. The molecule has 3 nitrogen and oxygen atoms in total. The quantitative estimate of drug-likeness (QED) is 0.821. The van der Waals surface area contributed by atoms with Crippen LogP contribution < -0.4 is 4.90 Å². The Morgan fingerprint density at radius 3 is 2.58 bits per heavy atom. The van der Waals surface area contributed by atoms with E-state index in [-0.39, 0.29) is 0 Å². The van der Waals surface area contributed by atoms with Crippen LogP contribution in [-0.4, -0.2) is 31.4 Å². The van der Waals surface area contributed by atoms with Gasteiger partial charge in [0.25, 0.3) is 0 Å². The van der Waals surface area contributed by atoms with Crippen LogP contribution in [0.2, 0.25) is 0 Å². The molecule has 1 saturated carbocycles. The summed E-state index contributed by atoms with van der Waals surface area (Å²) in [6.45, 7) is 5.70. The molecule has 0 amide bonds. The lowest BCUT2D eigenvalue weighted by Crippen LogP contribution is -2.38. The molecular formula is C16H25NO2. The van der Waals surface area contributed by atoms with Crippen LogP contribution in [0.3, 0.4) is 0 Å². The maximum atomic E-state index is 9.96. The highest BCUT2D eigenvalue weighted by Gasteiger charge is 2.32. The van der Waals surface area contributed by atoms with Crippen molar-refractivity contribution in [2.75, 3.05) is 25.2 Å². The molecule has 0 saturated heterocycles. The van der Waals surface area contributed by atoms with Crippen LogP contribution in [-0.2, 0) is 4.74 Å². The first-order valence-electron chi connectivity index (χ1n) is 7.17. The predicted octanol–water partition coefficient (Wildman–Crippen LogP) is 2.99. The van der Waals surface area contributed by atoms with Gasteiger partial charge in [-0.15, -0.1) is 0 Å². The molecule has 19 heavy (non-hydrogen) atoms. The number of nitrogens with zero attached hydrogens (tertiary/aromatic N) is 1. The summed E-state index contributed by atoms with van der Waals surface area (Å²) in [5.41, 5.74) is 2.15. The van der Waals surface area contributed by atoms with Gasteiger partial charge in [-0.2, -0.15) is 0 Å². The highest BCUT2D eigenvalue weighted by Crippen LogP contribution is 2.38. The lowest BCUT2D eigenvalue weighted by molar-refractivity contribution is 0.196. The molecule has 0 spiro atoms. The Bertz CT molecular complexity index is 401. The van der Waals surface area contributed by atoms with Gasteiger partial charge in [-0.05, 0) is 38.7 Å². The van der Waals surface area contributed by atoms with Crippen LogP contribution in [0.4, 0.5) is 5.69 Å². The van der Waals surface area contributed by atoms with E-state index < -0.39 is 6.10 Å². The minimum atomic E-state index is -0.437. The number of methoxy groups -OCH3 is 1. The summed E-state index contributed by atoms with van der Waals surface area (Å²) >= 11 is 0. The van der Waals surface area contributed by atoms with Gasteiger partial charge < -0.3 is 14.7 Å². The van der Waals surface area contributed by atoms with Gasteiger partial charge in [-0.1, -0.05) is 18.2 Å². The summed E-state index contributed by atoms with van der Waals surface area (Å²) in [6.07, 6.45) is 2.20. The molecule has 2 rings (SSSR count). The smallest absolute Gasteiger partial charge is 0.0781 e. The third-order valence-corrected chi connectivity index (χ3v) is 4.03.